The summed E-state index contributed by atoms with van der Waals surface area (Å²) < 4.78 is 12.6. The van der Waals surface area contributed by atoms with Crippen molar-refractivity contribution in [1.82, 2.24) is 4.57 Å². The van der Waals surface area contributed by atoms with Crippen LogP contribution < -0.4 is 4.74 Å². The second-order valence-corrected chi connectivity index (χ2v) is 5.16. The van der Waals surface area contributed by atoms with E-state index in [0.29, 0.717) is 19.6 Å². The maximum Gasteiger partial charge on any atom is 0.164 e. The number of carbonyl (C=O) groups excluding carboxylic acids is 1. The Labute approximate surface area is 124 Å². The van der Waals surface area contributed by atoms with Crippen LogP contribution in [0.2, 0.25) is 0 Å². The van der Waals surface area contributed by atoms with Gasteiger partial charge in [-0.2, -0.15) is 0 Å². The molecule has 2 aromatic rings. The average Bonchev–Trinajstić information content (AvgIpc) is 2.94. The molecule has 3 rings (SSSR count). The first-order valence-electron chi connectivity index (χ1n) is 7.25. The number of ketones is 1. The van der Waals surface area contributed by atoms with Crippen LogP contribution in [0.15, 0.2) is 36.5 Å². The molecule has 1 heterocycles. The molecule has 0 atom stereocenters. The fourth-order valence-electron chi connectivity index (χ4n) is 2.71. The predicted octanol–water partition coefficient (Wildman–Crippen LogP) is 3.02. The van der Waals surface area contributed by atoms with E-state index >= 15 is 0 Å². The lowest BCUT2D eigenvalue weighted by Crippen LogP contribution is -2.12. The van der Waals surface area contributed by atoms with Gasteiger partial charge in [0.15, 0.2) is 5.78 Å². The zero-order valence-corrected chi connectivity index (χ0v) is 12.2. The molecule has 21 heavy (non-hydrogen) atoms. The monoisotopic (exact) mass is 285 g/mol. The van der Waals surface area contributed by atoms with Gasteiger partial charge in [0, 0.05) is 36.7 Å². The number of nitrogens with zero attached hydrogens (tertiary/aromatic N) is 1. The van der Waals surface area contributed by atoms with Crippen LogP contribution in [0.4, 0.5) is 0 Å². The van der Waals surface area contributed by atoms with Crippen LogP contribution in [-0.2, 0) is 11.2 Å². The standard InChI is InChI=1S/C17H19NO3/c1-20-11-12-21-14-7-5-13(6-8-14)18-10-9-15-16(18)3-2-4-17(15)19/h5-10H,2-4,11-12H2,1H3. The van der Waals surface area contributed by atoms with Crippen LogP contribution in [0.3, 0.4) is 0 Å². The Kier molecular flexibility index (Phi) is 4.06. The second kappa shape index (κ2) is 6.14. The molecule has 0 amide bonds. The highest BCUT2D eigenvalue weighted by atomic mass is 16.5. The fourth-order valence-corrected chi connectivity index (χ4v) is 2.71. The SMILES string of the molecule is COCCOc1ccc(-n2ccc3c2CCCC3=O)cc1. The first kappa shape index (κ1) is 13.9. The van der Waals surface area contributed by atoms with Crippen molar-refractivity contribution < 1.29 is 14.3 Å². The number of benzene rings is 1. The highest BCUT2D eigenvalue weighted by molar-refractivity contribution is 5.98. The summed E-state index contributed by atoms with van der Waals surface area (Å²) in [6.07, 6.45) is 4.55. The van der Waals surface area contributed by atoms with Gasteiger partial charge in [-0.05, 0) is 43.2 Å². The van der Waals surface area contributed by atoms with Gasteiger partial charge in [0.2, 0.25) is 0 Å². The van der Waals surface area contributed by atoms with Gasteiger partial charge in [-0.25, -0.2) is 0 Å². The summed E-state index contributed by atoms with van der Waals surface area (Å²) in [6.45, 7) is 1.12. The van der Waals surface area contributed by atoms with E-state index in [9.17, 15) is 4.79 Å². The molecule has 1 aromatic heterocycles. The van der Waals surface area contributed by atoms with Crippen molar-refractivity contribution in [2.45, 2.75) is 19.3 Å². The molecule has 0 saturated carbocycles. The van der Waals surface area contributed by atoms with E-state index in [2.05, 4.69) is 4.57 Å². The molecule has 1 aliphatic carbocycles. The molecule has 1 aromatic carbocycles. The number of Topliss-reactive ketones (excluding diaryl/α,β-unsaturated/α-hetero) is 1. The van der Waals surface area contributed by atoms with E-state index in [0.717, 1.165) is 35.5 Å². The molecule has 0 bridgehead atoms. The normalized spacial score (nSPS) is 14.0. The van der Waals surface area contributed by atoms with Crippen molar-refractivity contribution in [3.8, 4) is 11.4 Å². The molecule has 0 saturated heterocycles. The number of hydrogen-bond donors (Lipinski definition) is 0. The summed E-state index contributed by atoms with van der Waals surface area (Å²) in [5.74, 6) is 1.09. The Morgan fingerprint density at radius 2 is 1.90 bits per heavy atom. The average molecular weight is 285 g/mol. The van der Waals surface area contributed by atoms with Crippen molar-refractivity contribution in [1.29, 1.82) is 0 Å². The van der Waals surface area contributed by atoms with Gasteiger partial charge >= 0.3 is 0 Å². The number of aromatic nitrogens is 1. The number of carbonyl (C=O) groups is 1. The number of fused-ring (bicyclic) bond motifs is 1. The zero-order valence-electron chi connectivity index (χ0n) is 12.2. The molecule has 0 fully saturated rings. The van der Waals surface area contributed by atoms with Crippen LogP contribution >= 0.6 is 0 Å². The zero-order chi connectivity index (χ0) is 14.7. The van der Waals surface area contributed by atoms with E-state index in [-0.39, 0.29) is 5.78 Å². The second-order valence-electron chi connectivity index (χ2n) is 5.16. The minimum absolute atomic E-state index is 0.259. The van der Waals surface area contributed by atoms with Gasteiger partial charge in [0.1, 0.15) is 12.4 Å². The number of methoxy groups -OCH3 is 1. The van der Waals surface area contributed by atoms with E-state index in [1.807, 2.05) is 36.5 Å². The van der Waals surface area contributed by atoms with Gasteiger partial charge in [-0.3, -0.25) is 4.79 Å². The maximum atomic E-state index is 11.9. The molecule has 0 spiro atoms. The third-order valence-electron chi connectivity index (χ3n) is 3.78. The van der Waals surface area contributed by atoms with E-state index in [4.69, 9.17) is 9.47 Å². The minimum atomic E-state index is 0.259. The lowest BCUT2D eigenvalue weighted by atomic mass is 9.97. The van der Waals surface area contributed by atoms with Crippen LogP contribution in [0, 0.1) is 0 Å². The summed E-state index contributed by atoms with van der Waals surface area (Å²) in [6, 6.07) is 9.85. The van der Waals surface area contributed by atoms with Gasteiger partial charge in [-0.15, -0.1) is 0 Å². The van der Waals surface area contributed by atoms with Crippen molar-refractivity contribution in [3.05, 3.63) is 47.8 Å². The molecule has 0 radical (unpaired) electrons. The first-order valence-corrected chi connectivity index (χ1v) is 7.25. The molecule has 0 unspecified atom stereocenters. The van der Waals surface area contributed by atoms with Crippen LogP contribution in [-0.4, -0.2) is 30.7 Å². The van der Waals surface area contributed by atoms with Crippen molar-refractivity contribution in [3.63, 3.8) is 0 Å². The highest BCUT2D eigenvalue weighted by Crippen LogP contribution is 2.26. The Bertz CT molecular complexity index is 628. The molecule has 4 heteroatoms. The summed E-state index contributed by atoms with van der Waals surface area (Å²) in [4.78, 5) is 11.9. The Morgan fingerprint density at radius 1 is 1.10 bits per heavy atom. The van der Waals surface area contributed by atoms with Crippen LogP contribution in [0.5, 0.6) is 5.75 Å². The Hall–Kier alpha value is -2.07. The van der Waals surface area contributed by atoms with Crippen molar-refractivity contribution in [2.75, 3.05) is 20.3 Å². The van der Waals surface area contributed by atoms with Crippen LogP contribution in [0.1, 0.15) is 28.9 Å². The van der Waals surface area contributed by atoms with Gasteiger partial charge in [-0.1, -0.05) is 0 Å². The third kappa shape index (κ3) is 2.85. The topological polar surface area (TPSA) is 40.5 Å². The minimum Gasteiger partial charge on any atom is -0.491 e. The lowest BCUT2D eigenvalue weighted by Gasteiger charge is -2.15. The Balaban J connectivity index is 1.80. The van der Waals surface area contributed by atoms with Gasteiger partial charge < -0.3 is 14.0 Å². The van der Waals surface area contributed by atoms with E-state index in [1.54, 1.807) is 7.11 Å². The van der Waals surface area contributed by atoms with Gasteiger partial charge in [0.05, 0.1) is 6.61 Å². The smallest absolute Gasteiger partial charge is 0.164 e. The molecular formula is C17H19NO3. The summed E-state index contributed by atoms with van der Waals surface area (Å²) in [5.41, 5.74) is 3.06. The fraction of sp³-hybridized carbons (Fsp3) is 0.353. The van der Waals surface area contributed by atoms with Crippen LogP contribution in [0.25, 0.3) is 5.69 Å². The summed E-state index contributed by atoms with van der Waals surface area (Å²) in [5, 5.41) is 0. The maximum absolute atomic E-state index is 11.9. The van der Waals surface area contributed by atoms with E-state index < -0.39 is 0 Å². The summed E-state index contributed by atoms with van der Waals surface area (Å²) in [7, 11) is 1.66. The number of ether oxygens (including phenoxy) is 2. The van der Waals surface area contributed by atoms with Crippen molar-refractivity contribution >= 4 is 5.78 Å². The largest absolute Gasteiger partial charge is 0.491 e. The van der Waals surface area contributed by atoms with Crippen molar-refractivity contribution in [2.24, 2.45) is 0 Å². The highest BCUT2D eigenvalue weighted by Gasteiger charge is 2.20. The first-order chi connectivity index (χ1) is 10.3. The molecular weight excluding hydrogens is 266 g/mol. The third-order valence-corrected chi connectivity index (χ3v) is 3.78. The number of rotatable bonds is 5. The molecule has 110 valence electrons. The molecule has 0 aliphatic heterocycles. The number of hydrogen-bond acceptors (Lipinski definition) is 3. The van der Waals surface area contributed by atoms with E-state index in [1.165, 1.54) is 0 Å². The summed E-state index contributed by atoms with van der Waals surface area (Å²) >= 11 is 0. The molecule has 4 nitrogen and oxygen atoms in total. The lowest BCUT2D eigenvalue weighted by molar-refractivity contribution is 0.0972. The Morgan fingerprint density at radius 3 is 2.67 bits per heavy atom. The quantitative estimate of drug-likeness (QED) is 0.793. The molecule has 1 aliphatic rings. The predicted molar refractivity (Wildman–Crippen MR) is 80.4 cm³/mol. The van der Waals surface area contributed by atoms with Gasteiger partial charge in [0.25, 0.3) is 0 Å². The molecule has 0 N–H and O–H groups in total.